The third-order valence-electron chi connectivity index (χ3n) is 6.47. The molecule has 4 rings (SSSR count). The van der Waals surface area contributed by atoms with Gasteiger partial charge in [-0.1, -0.05) is 49.1 Å². The van der Waals surface area contributed by atoms with E-state index < -0.39 is 10.0 Å². The zero-order valence-corrected chi connectivity index (χ0v) is 19.2. The van der Waals surface area contributed by atoms with Crippen molar-refractivity contribution in [2.45, 2.75) is 58.4 Å². The van der Waals surface area contributed by atoms with Crippen molar-refractivity contribution in [3.8, 4) is 0 Å². The molecule has 8 heteroatoms. The third-order valence-corrected chi connectivity index (χ3v) is 7.94. The van der Waals surface area contributed by atoms with Crippen molar-refractivity contribution in [2.24, 2.45) is 4.40 Å². The zero-order valence-electron chi connectivity index (χ0n) is 18.4. The average Bonchev–Trinajstić information content (AvgIpc) is 2.90. The summed E-state index contributed by atoms with van der Waals surface area (Å²) >= 11 is 0. The molecule has 0 radical (unpaired) electrons. The highest BCUT2D eigenvalue weighted by atomic mass is 32.2. The average molecular weight is 445 g/mol. The Morgan fingerprint density at radius 2 is 1.68 bits per heavy atom. The summed E-state index contributed by atoms with van der Waals surface area (Å²) in [4.78, 5) is 16.9. The molecule has 0 unspecified atom stereocenters. The molecule has 2 heterocycles. The van der Waals surface area contributed by atoms with Crippen LogP contribution in [0.4, 0.5) is 4.79 Å². The third kappa shape index (κ3) is 4.79. The molecule has 1 aliphatic carbocycles. The molecule has 0 atom stereocenters. The summed E-state index contributed by atoms with van der Waals surface area (Å²) < 4.78 is 29.8. The molecule has 2 amide bonds. The maximum atomic E-state index is 12.8. The van der Waals surface area contributed by atoms with Gasteiger partial charge in [-0.15, -0.1) is 4.40 Å². The zero-order chi connectivity index (χ0) is 22.0. The maximum absolute atomic E-state index is 12.8. The molecule has 0 aromatic heterocycles. The lowest BCUT2D eigenvalue weighted by molar-refractivity contribution is 0.192. The number of rotatable bonds is 2. The fourth-order valence-corrected chi connectivity index (χ4v) is 6.22. The second-order valence-electron chi connectivity index (χ2n) is 8.82. The Morgan fingerprint density at radius 3 is 2.39 bits per heavy atom. The highest BCUT2D eigenvalue weighted by Gasteiger charge is 2.34. The molecule has 1 aromatic rings. The highest BCUT2D eigenvalue weighted by molar-refractivity contribution is 8.00. The predicted octanol–water partition coefficient (Wildman–Crippen LogP) is 3.52. The standard InChI is InChI=1S/C23H32N4O3S/c1-17-9-11-19(12-10-17)21-18(2)22(25-31(21,29)30)26-13-6-14-27(16-15-26)23(28)24-20-7-4-3-5-8-20/h9-12,20H,3-8,13-16H2,1-2H3,(H,24,28). The first-order valence-corrected chi connectivity index (χ1v) is 12.7. The van der Waals surface area contributed by atoms with Gasteiger partial charge in [-0.3, -0.25) is 0 Å². The number of benzene rings is 1. The summed E-state index contributed by atoms with van der Waals surface area (Å²) in [6.45, 7) is 6.29. The van der Waals surface area contributed by atoms with Crippen LogP contribution in [-0.4, -0.2) is 62.3 Å². The van der Waals surface area contributed by atoms with Crippen LogP contribution in [-0.2, 0) is 10.0 Å². The Morgan fingerprint density at radius 1 is 0.968 bits per heavy atom. The van der Waals surface area contributed by atoms with E-state index in [1.54, 1.807) is 0 Å². The van der Waals surface area contributed by atoms with Crippen molar-refractivity contribution in [2.75, 3.05) is 26.2 Å². The second kappa shape index (κ2) is 9.02. The van der Waals surface area contributed by atoms with Crippen molar-refractivity contribution < 1.29 is 13.2 Å². The van der Waals surface area contributed by atoms with Crippen molar-refractivity contribution in [3.63, 3.8) is 0 Å². The van der Waals surface area contributed by atoms with E-state index in [0.29, 0.717) is 48.1 Å². The van der Waals surface area contributed by atoms with Crippen LogP contribution in [0, 0.1) is 6.92 Å². The molecule has 7 nitrogen and oxygen atoms in total. The highest BCUT2D eigenvalue weighted by Crippen LogP contribution is 2.34. The van der Waals surface area contributed by atoms with E-state index in [1.165, 1.54) is 19.3 Å². The van der Waals surface area contributed by atoms with E-state index in [4.69, 9.17) is 0 Å². The topological polar surface area (TPSA) is 82.1 Å². The summed E-state index contributed by atoms with van der Waals surface area (Å²) in [5.74, 6) is 0.519. The van der Waals surface area contributed by atoms with Crippen LogP contribution in [0.15, 0.2) is 34.2 Å². The van der Waals surface area contributed by atoms with Crippen LogP contribution in [0.25, 0.3) is 4.91 Å². The minimum atomic E-state index is -3.73. The molecule has 2 aliphatic heterocycles. The number of urea groups is 1. The van der Waals surface area contributed by atoms with Crippen molar-refractivity contribution in [1.29, 1.82) is 0 Å². The molecule has 1 N–H and O–H groups in total. The molecule has 0 spiro atoms. The number of amidine groups is 1. The Kier molecular flexibility index (Phi) is 6.36. The molecule has 31 heavy (non-hydrogen) atoms. The van der Waals surface area contributed by atoms with Gasteiger partial charge in [0.1, 0.15) is 10.7 Å². The van der Waals surface area contributed by atoms with Crippen LogP contribution in [0.3, 0.4) is 0 Å². The monoisotopic (exact) mass is 444 g/mol. The Bertz CT molecular complexity index is 992. The van der Waals surface area contributed by atoms with Gasteiger partial charge in [-0.05, 0) is 38.7 Å². The van der Waals surface area contributed by atoms with E-state index in [0.717, 1.165) is 24.8 Å². The van der Waals surface area contributed by atoms with Crippen LogP contribution < -0.4 is 5.32 Å². The van der Waals surface area contributed by atoms with Crippen LogP contribution in [0.2, 0.25) is 0 Å². The number of nitrogens with one attached hydrogen (secondary N) is 1. The molecular formula is C23H32N4O3S. The van der Waals surface area contributed by atoms with Gasteiger partial charge >= 0.3 is 6.03 Å². The predicted molar refractivity (Wildman–Crippen MR) is 123 cm³/mol. The number of carbonyl (C=O) groups excluding carboxylic acids is 1. The minimum absolute atomic E-state index is 0.00217. The summed E-state index contributed by atoms with van der Waals surface area (Å²) in [7, 11) is -3.73. The van der Waals surface area contributed by atoms with E-state index >= 15 is 0 Å². The molecule has 168 valence electrons. The second-order valence-corrected chi connectivity index (χ2v) is 10.4. The number of hydrogen-bond acceptors (Lipinski definition) is 4. The van der Waals surface area contributed by atoms with Gasteiger partial charge in [0.2, 0.25) is 0 Å². The van der Waals surface area contributed by atoms with Gasteiger partial charge in [0, 0.05) is 37.8 Å². The van der Waals surface area contributed by atoms with Gasteiger partial charge in [-0.2, -0.15) is 8.42 Å². The summed E-state index contributed by atoms with van der Waals surface area (Å²) in [5.41, 5.74) is 2.44. The molecule has 1 aromatic carbocycles. The van der Waals surface area contributed by atoms with Crippen LogP contribution in [0.1, 0.15) is 56.6 Å². The van der Waals surface area contributed by atoms with E-state index in [9.17, 15) is 13.2 Å². The molecular weight excluding hydrogens is 412 g/mol. The summed E-state index contributed by atoms with van der Waals surface area (Å²) in [5, 5.41) is 3.19. The van der Waals surface area contributed by atoms with Crippen LogP contribution >= 0.6 is 0 Å². The summed E-state index contributed by atoms with van der Waals surface area (Å²) in [6.07, 6.45) is 6.53. The normalized spacial score (nSPS) is 22.3. The van der Waals surface area contributed by atoms with E-state index in [1.807, 2.05) is 47.9 Å². The Hall–Kier alpha value is -2.35. The van der Waals surface area contributed by atoms with E-state index in [-0.39, 0.29) is 12.1 Å². The lowest BCUT2D eigenvalue weighted by Gasteiger charge is -2.28. The molecule has 2 fully saturated rings. The van der Waals surface area contributed by atoms with Crippen molar-refractivity contribution in [1.82, 2.24) is 15.1 Å². The van der Waals surface area contributed by atoms with Gasteiger partial charge in [0.05, 0.1) is 0 Å². The fraction of sp³-hybridized carbons (Fsp3) is 0.565. The number of carbonyl (C=O) groups is 1. The van der Waals surface area contributed by atoms with Crippen molar-refractivity contribution >= 4 is 26.8 Å². The number of sulfonamides is 1. The minimum Gasteiger partial charge on any atom is -0.354 e. The lowest BCUT2D eigenvalue weighted by Crippen LogP contribution is -2.46. The summed E-state index contributed by atoms with van der Waals surface area (Å²) in [6, 6.07) is 7.79. The number of hydrogen-bond donors (Lipinski definition) is 1. The SMILES string of the molecule is CC1=C(c2ccc(C)cc2)S(=O)(=O)N=C1N1CCCN(C(=O)NC2CCCCC2)CC1. The van der Waals surface area contributed by atoms with Crippen molar-refractivity contribution in [3.05, 3.63) is 41.0 Å². The molecule has 0 bridgehead atoms. The smallest absolute Gasteiger partial charge is 0.317 e. The quantitative estimate of drug-likeness (QED) is 0.757. The first-order chi connectivity index (χ1) is 14.8. The van der Waals surface area contributed by atoms with Gasteiger partial charge < -0.3 is 15.1 Å². The van der Waals surface area contributed by atoms with E-state index in [2.05, 4.69) is 9.71 Å². The Balaban J connectivity index is 1.46. The largest absolute Gasteiger partial charge is 0.354 e. The number of amides is 2. The van der Waals surface area contributed by atoms with Crippen LogP contribution in [0.5, 0.6) is 0 Å². The van der Waals surface area contributed by atoms with Gasteiger partial charge in [0.25, 0.3) is 10.0 Å². The molecule has 1 saturated heterocycles. The van der Waals surface area contributed by atoms with Gasteiger partial charge in [0.15, 0.2) is 0 Å². The molecule has 1 saturated carbocycles. The maximum Gasteiger partial charge on any atom is 0.317 e. The number of aryl methyl sites for hydroxylation is 1. The number of nitrogens with zero attached hydrogens (tertiary/aromatic N) is 3. The van der Waals surface area contributed by atoms with Gasteiger partial charge in [-0.25, -0.2) is 4.79 Å². The first-order valence-electron chi connectivity index (χ1n) is 11.3. The first kappa shape index (κ1) is 21.9. The fourth-order valence-electron chi connectivity index (χ4n) is 4.73. The Labute approximate surface area is 185 Å². The lowest BCUT2D eigenvalue weighted by atomic mass is 9.96. The molecule has 3 aliphatic rings.